The van der Waals surface area contributed by atoms with E-state index in [0.717, 1.165) is 0 Å². The lowest BCUT2D eigenvalue weighted by molar-refractivity contribution is 0.0709. The van der Waals surface area contributed by atoms with Crippen LogP contribution >= 0.6 is 19.9 Å². The van der Waals surface area contributed by atoms with E-state index in [1.807, 2.05) is 0 Å². The number of aromatic nitrogens is 3. The largest absolute Gasteiger partial charge is 0.703 e. The van der Waals surface area contributed by atoms with Gasteiger partial charge in [0.1, 0.15) is 24.3 Å². The third-order valence-corrected chi connectivity index (χ3v) is 5.07. The van der Waals surface area contributed by atoms with E-state index >= 15 is 0 Å². The van der Waals surface area contributed by atoms with E-state index in [1.54, 1.807) is 0 Å². The van der Waals surface area contributed by atoms with Gasteiger partial charge in [-0.2, -0.15) is 52.1 Å². The molecule has 0 aliphatic carbocycles. The van der Waals surface area contributed by atoms with Crippen molar-refractivity contribution >= 4 is 19.9 Å². The van der Waals surface area contributed by atoms with Gasteiger partial charge in [0.05, 0.1) is 24.3 Å². The van der Waals surface area contributed by atoms with E-state index in [9.17, 15) is 46.7 Å². The van der Waals surface area contributed by atoms with Gasteiger partial charge >= 0.3 is 19.5 Å². The van der Waals surface area contributed by atoms with Gasteiger partial charge < -0.3 is 0 Å². The van der Waals surface area contributed by atoms with Gasteiger partial charge in [-0.1, -0.05) is 9.05 Å². The van der Waals surface area contributed by atoms with E-state index in [1.165, 1.54) is 48.6 Å². The molecule has 0 aromatic carbocycles. The molecule has 0 saturated carbocycles. The van der Waals surface area contributed by atoms with E-state index in [4.69, 9.17) is 20.6 Å². The number of nitrogens with zero attached hydrogens (tertiary/aromatic N) is 11. The lowest BCUT2D eigenvalue weighted by atomic mass is 9.73. The molecule has 0 fully saturated rings. The van der Waals surface area contributed by atoms with E-state index < -0.39 is 47.2 Å². The molecule has 0 unspecified atom stereocenters. The average molecular weight is 449 g/mol. The Morgan fingerprint density at radius 1 is 0.645 bits per heavy atom. The molecule has 16 heteroatoms. The van der Waals surface area contributed by atoms with Crippen molar-refractivity contribution in [3.63, 3.8) is 0 Å². The normalized spacial score (nSPS) is 19.1. The van der Waals surface area contributed by atoms with Crippen molar-refractivity contribution in [2.45, 2.75) is 22.0 Å². The molecular formula is C15ClN11O3P+. The van der Waals surface area contributed by atoms with Crippen molar-refractivity contribution in [2.24, 2.45) is 0 Å². The molecule has 1 aromatic heterocycles. The molecule has 0 radical (unpaired) electrons. The van der Waals surface area contributed by atoms with Gasteiger partial charge in [-0.05, 0) is 11.6 Å². The molecule has 31 heavy (non-hydrogen) atoms. The van der Waals surface area contributed by atoms with Gasteiger partial charge in [0.25, 0.3) is 10.8 Å². The van der Waals surface area contributed by atoms with Crippen molar-refractivity contribution in [3.8, 4) is 48.6 Å². The molecule has 2 rings (SSSR count). The summed E-state index contributed by atoms with van der Waals surface area (Å²) in [5.74, 6) is -2.08. The molecule has 0 atom stereocenters. The first-order chi connectivity index (χ1) is 14.7. The summed E-state index contributed by atoms with van der Waals surface area (Å²) in [5, 5.41) is 76.1. The highest BCUT2D eigenvalue weighted by atomic mass is 35.5. The first-order valence-corrected chi connectivity index (χ1v) is 8.75. The Morgan fingerprint density at radius 3 is 1.23 bits per heavy atom. The minimum Gasteiger partial charge on any atom is -0.212 e. The average Bonchev–Trinajstić information content (AvgIpc) is 2.78. The van der Waals surface area contributed by atoms with Crippen LogP contribution in [-0.2, 0) is 24.4 Å². The number of fused-ring (bicyclic) bond motifs is 2. The van der Waals surface area contributed by atoms with Crippen LogP contribution in [0.25, 0.3) is 0 Å². The number of halogens is 1. The maximum absolute atomic E-state index is 12.5. The highest BCUT2D eigenvalue weighted by molar-refractivity contribution is 7.33. The topological polar surface area (TPSA) is 265 Å². The van der Waals surface area contributed by atoms with Crippen molar-refractivity contribution < 1.29 is 13.6 Å². The number of nitriles is 8. The monoisotopic (exact) mass is 448 g/mol. The smallest absolute Gasteiger partial charge is 0.212 e. The van der Waals surface area contributed by atoms with Crippen molar-refractivity contribution in [3.05, 3.63) is 16.9 Å². The molecule has 0 spiro atoms. The molecule has 2 heterocycles. The van der Waals surface area contributed by atoms with Crippen LogP contribution in [0.15, 0.2) is 0 Å². The second kappa shape index (κ2) is 7.58. The van der Waals surface area contributed by atoms with Gasteiger partial charge in [-0.3, -0.25) is 0 Å². The minimum absolute atomic E-state index is 0.843. The zero-order chi connectivity index (χ0) is 23.5. The highest BCUT2D eigenvalue weighted by Crippen LogP contribution is 2.49. The third-order valence-electron chi connectivity index (χ3n) is 4.06. The Balaban J connectivity index is 3.26. The number of hydrogen-bond donors (Lipinski definition) is 0. The maximum Gasteiger partial charge on any atom is 0.703 e. The quantitative estimate of drug-likeness (QED) is 0.485. The third kappa shape index (κ3) is 2.69. The zero-order valence-corrected chi connectivity index (χ0v) is 16.1. The summed E-state index contributed by atoms with van der Waals surface area (Å²) in [7, 11) is -3.87. The van der Waals surface area contributed by atoms with Crippen LogP contribution in [0, 0.1) is 90.6 Å². The molecule has 0 amide bonds. The van der Waals surface area contributed by atoms with E-state index in [0.29, 0.717) is 0 Å². The summed E-state index contributed by atoms with van der Waals surface area (Å²) < 4.78 is 22.0. The van der Waals surface area contributed by atoms with E-state index in [-0.39, 0.29) is 0 Å². The summed E-state index contributed by atoms with van der Waals surface area (Å²) in [6, 6.07) is 10.1. The maximum atomic E-state index is 12.5. The van der Waals surface area contributed by atoms with Crippen LogP contribution < -0.4 is 0 Å². The van der Waals surface area contributed by atoms with Crippen LogP contribution in [0.2, 0.25) is 5.28 Å². The van der Waals surface area contributed by atoms with Crippen molar-refractivity contribution in [2.75, 3.05) is 0 Å². The standard InChI is InChI=1S/C15ClN11O3P/c16-11-26-9-12(1-17,2-18)14(5-21,6-22)29-31(28)30-15(7-23,8-24)13(3-19,4-20)10(25-9)27-11/q+1. The SMILES string of the molecule is N#CC1(C#N)O[P+](=O)OC(C#N)(C#N)C(C#N)(C#N)c2nc(Cl)nc(n2)C1(C#N)C#N. The van der Waals surface area contributed by atoms with Crippen molar-refractivity contribution in [1.82, 2.24) is 15.0 Å². The van der Waals surface area contributed by atoms with Gasteiger partial charge in [-0.25, -0.2) is 4.98 Å². The lowest BCUT2D eigenvalue weighted by Crippen LogP contribution is -2.54. The summed E-state index contributed by atoms with van der Waals surface area (Å²) in [5.41, 5.74) is -12.6. The van der Waals surface area contributed by atoms with Gasteiger partial charge in [0.15, 0.2) is 11.6 Å². The predicted molar refractivity (Wildman–Crippen MR) is 88.3 cm³/mol. The van der Waals surface area contributed by atoms with Gasteiger partial charge in [0, 0.05) is 4.57 Å². The van der Waals surface area contributed by atoms with Gasteiger partial charge in [-0.15, -0.1) is 0 Å². The minimum atomic E-state index is -3.87. The Hall–Kier alpha value is -4.76. The lowest BCUT2D eigenvalue weighted by Gasteiger charge is -2.29. The highest BCUT2D eigenvalue weighted by Gasteiger charge is 2.71. The van der Waals surface area contributed by atoms with E-state index in [2.05, 4.69) is 15.0 Å². The summed E-state index contributed by atoms with van der Waals surface area (Å²) in [6.45, 7) is 0. The summed E-state index contributed by atoms with van der Waals surface area (Å²) >= 11 is 5.78. The second-order valence-electron chi connectivity index (χ2n) is 5.41. The molecule has 14 nitrogen and oxygen atoms in total. The zero-order valence-electron chi connectivity index (χ0n) is 14.5. The molecule has 0 N–H and O–H groups in total. The first kappa shape index (κ1) is 22.5. The van der Waals surface area contributed by atoms with Crippen LogP contribution in [0.4, 0.5) is 0 Å². The van der Waals surface area contributed by atoms with Crippen LogP contribution in [0.1, 0.15) is 11.6 Å². The summed E-state index contributed by atoms with van der Waals surface area (Å²) in [6.07, 6.45) is 0. The van der Waals surface area contributed by atoms with Crippen LogP contribution in [-0.4, -0.2) is 26.2 Å². The molecule has 1 aromatic rings. The molecule has 1 aliphatic heterocycles. The Bertz CT molecular complexity index is 1200. The second-order valence-corrected chi connectivity index (χ2v) is 6.57. The Labute approximate surface area is 178 Å². The Morgan fingerprint density at radius 2 is 0.968 bits per heavy atom. The van der Waals surface area contributed by atoms with Crippen molar-refractivity contribution in [1.29, 1.82) is 42.1 Å². The number of rotatable bonds is 0. The fourth-order valence-electron chi connectivity index (χ4n) is 2.41. The first-order valence-electron chi connectivity index (χ1n) is 7.28. The summed E-state index contributed by atoms with van der Waals surface area (Å²) in [4.78, 5) is 10.7. The molecule has 0 saturated heterocycles. The number of hydrogen-bond acceptors (Lipinski definition) is 14. The molecule has 2 bridgehead atoms. The van der Waals surface area contributed by atoms with Gasteiger partial charge in [0.2, 0.25) is 5.28 Å². The molecule has 144 valence electrons. The predicted octanol–water partition coefficient (Wildman–Crippen LogP) is 0.371. The van der Waals surface area contributed by atoms with Crippen LogP contribution in [0.3, 0.4) is 0 Å². The molecular weight excluding hydrogens is 449 g/mol. The Kier molecular flexibility index (Phi) is 5.51. The fourth-order valence-corrected chi connectivity index (χ4v) is 3.49. The fraction of sp³-hybridized carbons (Fsp3) is 0.267. The van der Waals surface area contributed by atoms with Crippen LogP contribution in [0.5, 0.6) is 0 Å². The molecule has 1 aliphatic rings.